The Morgan fingerprint density at radius 3 is 2.02 bits per heavy atom. The number of Topliss-reactive ketones (excluding diaryl/α,β-unsaturated/α-hetero) is 2. The third-order valence-electron chi connectivity index (χ3n) is 8.41. The zero-order chi connectivity index (χ0) is 31.1. The Bertz CT molecular complexity index is 1470. The number of hydrogen-bond donors (Lipinski definition) is 1. The largest absolute Gasteiger partial charge is 0.490 e. The number of hydrogen-bond acceptors (Lipinski definition) is 6. The minimum atomic E-state index is -0.495. The normalized spacial score (nSPS) is 19.7. The van der Waals surface area contributed by atoms with Crippen LogP contribution in [-0.4, -0.2) is 42.1 Å². The van der Waals surface area contributed by atoms with Crippen molar-refractivity contribution in [2.75, 3.05) is 25.1 Å². The van der Waals surface area contributed by atoms with Gasteiger partial charge >= 0.3 is 0 Å². The highest BCUT2D eigenvalue weighted by atomic mass is 79.9. The Morgan fingerprint density at radius 1 is 0.907 bits per heavy atom. The molecular formula is C35H41BrN2O5. The molecule has 0 spiro atoms. The number of allylic oxidation sites excluding steroid dienone is 4. The number of ketones is 2. The van der Waals surface area contributed by atoms with E-state index in [2.05, 4.69) is 60.8 Å². The van der Waals surface area contributed by atoms with Crippen molar-refractivity contribution in [3.05, 3.63) is 75.0 Å². The van der Waals surface area contributed by atoms with Crippen LogP contribution in [0.25, 0.3) is 0 Å². The number of benzene rings is 2. The minimum absolute atomic E-state index is 0.0888. The third-order valence-corrected chi connectivity index (χ3v) is 9.00. The predicted octanol–water partition coefficient (Wildman–Crippen LogP) is 7.57. The van der Waals surface area contributed by atoms with E-state index in [1.807, 2.05) is 49.4 Å². The first-order valence-electron chi connectivity index (χ1n) is 15.1. The standard InChI is InChI=1S/C35H41BrN2O5/c1-7-38-24-16-34(3,4)18-26(39)31(24)30(32-25(38)17-35(5,6)19-27(32)40)21-14-23(36)33(28(15-21)42-8-2)43-20-29(41)37-22-12-10-9-11-13-22/h9-15,30H,7-8,16-20H2,1-6H3,(H,37,41). The molecule has 0 saturated carbocycles. The van der Waals surface area contributed by atoms with Gasteiger partial charge in [-0.05, 0) is 83.3 Å². The molecule has 1 heterocycles. The predicted molar refractivity (Wildman–Crippen MR) is 171 cm³/mol. The number of ether oxygens (including phenoxy) is 2. The maximum atomic E-state index is 14.0. The summed E-state index contributed by atoms with van der Waals surface area (Å²) in [7, 11) is 0. The van der Waals surface area contributed by atoms with Gasteiger partial charge in [0.15, 0.2) is 29.7 Å². The van der Waals surface area contributed by atoms with Gasteiger partial charge in [-0.1, -0.05) is 45.9 Å². The molecule has 2 aliphatic carbocycles. The van der Waals surface area contributed by atoms with Gasteiger partial charge in [0.05, 0.1) is 11.1 Å². The topological polar surface area (TPSA) is 84.9 Å². The Morgan fingerprint density at radius 2 is 1.49 bits per heavy atom. The van der Waals surface area contributed by atoms with Crippen molar-refractivity contribution in [1.82, 2.24) is 4.90 Å². The summed E-state index contributed by atoms with van der Waals surface area (Å²) in [5, 5.41) is 2.83. The molecule has 3 aliphatic rings. The lowest BCUT2D eigenvalue weighted by Crippen LogP contribution is -2.44. The van der Waals surface area contributed by atoms with Gasteiger partial charge in [-0.25, -0.2) is 0 Å². The van der Waals surface area contributed by atoms with Gasteiger partial charge in [0.25, 0.3) is 5.91 Å². The first-order chi connectivity index (χ1) is 20.3. The van der Waals surface area contributed by atoms with E-state index in [1.165, 1.54) is 0 Å². The van der Waals surface area contributed by atoms with Crippen molar-refractivity contribution in [1.29, 1.82) is 0 Å². The average molecular weight is 650 g/mol. The van der Waals surface area contributed by atoms with Crippen molar-refractivity contribution in [3.63, 3.8) is 0 Å². The highest BCUT2D eigenvalue weighted by Gasteiger charge is 2.48. The molecule has 0 saturated heterocycles. The molecule has 0 aromatic heterocycles. The van der Waals surface area contributed by atoms with Crippen LogP contribution >= 0.6 is 15.9 Å². The summed E-state index contributed by atoms with van der Waals surface area (Å²) in [6.07, 6.45) is 2.39. The van der Waals surface area contributed by atoms with Crippen LogP contribution in [0.2, 0.25) is 0 Å². The molecule has 1 amide bonds. The van der Waals surface area contributed by atoms with Crippen molar-refractivity contribution < 1.29 is 23.9 Å². The number of carbonyl (C=O) groups excluding carboxylic acids is 3. The van der Waals surface area contributed by atoms with E-state index < -0.39 is 5.92 Å². The zero-order valence-corrected chi connectivity index (χ0v) is 27.5. The summed E-state index contributed by atoms with van der Waals surface area (Å²) in [6, 6.07) is 13.0. The third kappa shape index (κ3) is 6.30. The molecule has 8 heteroatoms. The van der Waals surface area contributed by atoms with E-state index in [-0.39, 0.29) is 34.9 Å². The maximum absolute atomic E-state index is 14.0. The van der Waals surface area contributed by atoms with E-state index in [4.69, 9.17) is 9.47 Å². The molecule has 0 atom stereocenters. The number of carbonyl (C=O) groups is 3. The minimum Gasteiger partial charge on any atom is -0.490 e. The average Bonchev–Trinajstić information content (AvgIpc) is 2.91. The molecule has 228 valence electrons. The van der Waals surface area contributed by atoms with Gasteiger partial charge in [0, 0.05) is 53.5 Å². The number of nitrogens with zero attached hydrogens (tertiary/aromatic N) is 1. The molecule has 5 rings (SSSR count). The van der Waals surface area contributed by atoms with Gasteiger partial charge < -0.3 is 19.7 Å². The molecule has 2 aromatic carbocycles. The molecule has 0 unspecified atom stereocenters. The highest BCUT2D eigenvalue weighted by Crippen LogP contribution is 2.55. The summed E-state index contributed by atoms with van der Waals surface area (Å²) < 4.78 is 12.6. The summed E-state index contributed by atoms with van der Waals surface area (Å²) in [5.74, 6) is 0.235. The second-order valence-electron chi connectivity index (χ2n) is 13.2. The summed E-state index contributed by atoms with van der Waals surface area (Å²) in [4.78, 5) is 42.8. The number of rotatable bonds is 8. The van der Waals surface area contributed by atoms with E-state index in [0.29, 0.717) is 47.7 Å². The zero-order valence-electron chi connectivity index (χ0n) is 25.9. The lowest BCUT2D eigenvalue weighted by Gasteiger charge is -2.49. The van der Waals surface area contributed by atoms with Crippen LogP contribution in [0, 0.1) is 10.8 Å². The molecule has 43 heavy (non-hydrogen) atoms. The number of anilines is 1. The number of nitrogens with one attached hydrogen (secondary N) is 1. The van der Waals surface area contributed by atoms with Crippen LogP contribution in [0.4, 0.5) is 5.69 Å². The van der Waals surface area contributed by atoms with Crippen LogP contribution < -0.4 is 14.8 Å². The monoisotopic (exact) mass is 648 g/mol. The summed E-state index contributed by atoms with van der Waals surface area (Å²) in [6.45, 7) is 13.4. The lowest BCUT2D eigenvalue weighted by molar-refractivity contribution is -0.120. The van der Waals surface area contributed by atoms with Crippen LogP contribution in [0.1, 0.15) is 78.7 Å². The van der Waals surface area contributed by atoms with Gasteiger partial charge in [-0.3, -0.25) is 14.4 Å². The first kappa shape index (κ1) is 31.0. The smallest absolute Gasteiger partial charge is 0.262 e. The van der Waals surface area contributed by atoms with Crippen LogP contribution in [-0.2, 0) is 14.4 Å². The summed E-state index contributed by atoms with van der Waals surface area (Å²) in [5.41, 5.74) is 4.65. The lowest BCUT2D eigenvalue weighted by atomic mass is 9.63. The fourth-order valence-corrected chi connectivity index (χ4v) is 7.35. The fourth-order valence-electron chi connectivity index (χ4n) is 6.78. The van der Waals surface area contributed by atoms with E-state index in [0.717, 1.165) is 40.9 Å². The second-order valence-corrected chi connectivity index (χ2v) is 14.1. The maximum Gasteiger partial charge on any atom is 0.262 e. The number of para-hydroxylation sites is 1. The SMILES string of the molecule is CCOc1cc(C2C3=C(CC(C)(C)CC3=O)N(CC)C3=C2C(=O)CC(C)(C)C3)cc(Br)c1OCC(=O)Nc1ccccc1. The molecule has 1 N–H and O–H groups in total. The highest BCUT2D eigenvalue weighted by molar-refractivity contribution is 9.10. The van der Waals surface area contributed by atoms with Crippen molar-refractivity contribution >= 4 is 39.1 Å². The number of halogens is 1. The van der Waals surface area contributed by atoms with Gasteiger partial charge in [-0.2, -0.15) is 0 Å². The second kappa shape index (κ2) is 11.9. The van der Waals surface area contributed by atoms with Crippen LogP contribution in [0.3, 0.4) is 0 Å². The van der Waals surface area contributed by atoms with Crippen molar-refractivity contribution in [3.8, 4) is 11.5 Å². The molecule has 7 nitrogen and oxygen atoms in total. The van der Waals surface area contributed by atoms with Gasteiger partial charge in [-0.15, -0.1) is 0 Å². The van der Waals surface area contributed by atoms with Crippen molar-refractivity contribution in [2.45, 2.75) is 73.1 Å². The van der Waals surface area contributed by atoms with Crippen LogP contribution in [0.15, 0.2) is 69.5 Å². The Balaban J connectivity index is 1.58. The molecular weight excluding hydrogens is 608 g/mol. The molecule has 2 aromatic rings. The quantitative estimate of drug-likeness (QED) is 0.318. The fraction of sp³-hybridized carbons (Fsp3) is 0.457. The Labute approximate surface area is 262 Å². The van der Waals surface area contributed by atoms with E-state index in [9.17, 15) is 14.4 Å². The molecule has 0 radical (unpaired) electrons. The van der Waals surface area contributed by atoms with Crippen LogP contribution in [0.5, 0.6) is 11.5 Å². The van der Waals surface area contributed by atoms with Crippen molar-refractivity contribution in [2.24, 2.45) is 10.8 Å². The molecule has 0 fully saturated rings. The first-order valence-corrected chi connectivity index (χ1v) is 15.9. The molecule has 0 bridgehead atoms. The Hall–Kier alpha value is -3.39. The van der Waals surface area contributed by atoms with E-state index >= 15 is 0 Å². The molecule has 1 aliphatic heterocycles. The Kier molecular flexibility index (Phi) is 8.63. The van der Waals surface area contributed by atoms with E-state index in [1.54, 1.807) is 0 Å². The number of amides is 1. The summed E-state index contributed by atoms with van der Waals surface area (Å²) >= 11 is 3.67. The van der Waals surface area contributed by atoms with Gasteiger partial charge in [0.2, 0.25) is 0 Å². The van der Waals surface area contributed by atoms with Gasteiger partial charge in [0.1, 0.15) is 0 Å².